The maximum atomic E-state index is 12.4. The Morgan fingerprint density at radius 2 is 1.87 bits per heavy atom. The molecule has 2 atom stereocenters. The fraction of sp³-hybridized carbons (Fsp3) is 0.200. The van der Waals surface area contributed by atoms with Crippen LogP contribution in [0.15, 0.2) is 66.1 Å². The summed E-state index contributed by atoms with van der Waals surface area (Å²) in [5.74, 6) is -0.902. The van der Waals surface area contributed by atoms with Crippen molar-refractivity contribution < 1.29 is 23.8 Å². The topological polar surface area (TPSA) is 135 Å². The minimum Gasteiger partial charge on any atom is -0.457 e. The number of ether oxygens (including phenoxy) is 3. The number of carbonyl (C=O) groups is 2. The van der Waals surface area contributed by atoms with Gasteiger partial charge in [0.1, 0.15) is 12.4 Å². The average molecular weight is 423 g/mol. The van der Waals surface area contributed by atoms with Gasteiger partial charge in [-0.05, 0) is 30.3 Å². The zero-order valence-corrected chi connectivity index (χ0v) is 16.1. The monoisotopic (exact) mass is 423 g/mol. The summed E-state index contributed by atoms with van der Waals surface area (Å²) in [6, 6.07) is 7.89. The first kappa shape index (κ1) is 20.3. The van der Waals surface area contributed by atoms with Crippen LogP contribution in [0.25, 0.3) is 0 Å². The van der Waals surface area contributed by atoms with E-state index in [4.69, 9.17) is 14.2 Å². The predicted molar refractivity (Wildman–Crippen MR) is 105 cm³/mol. The van der Waals surface area contributed by atoms with Gasteiger partial charge in [0.25, 0.3) is 5.91 Å². The summed E-state index contributed by atoms with van der Waals surface area (Å²) in [4.78, 5) is 48.0. The standard InChI is InChI=1S/C20H17N5O6/c26-18(13-3-1-6-21-9-13)23-15-5-8-25(20(28)24-15)16-11-29-17(31-16)12-30-19(27)14-4-2-7-22-10-14/h1-10,16-17H,11-12H2,(H,23,24,26,28). The Labute approximate surface area is 175 Å². The van der Waals surface area contributed by atoms with Crippen LogP contribution in [0.5, 0.6) is 0 Å². The van der Waals surface area contributed by atoms with Gasteiger partial charge < -0.3 is 19.5 Å². The Morgan fingerprint density at radius 1 is 1.13 bits per heavy atom. The van der Waals surface area contributed by atoms with E-state index in [1.54, 1.807) is 36.7 Å². The minimum absolute atomic E-state index is 0.0675. The van der Waals surface area contributed by atoms with E-state index < -0.39 is 30.1 Å². The highest BCUT2D eigenvalue weighted by molar-refractivity contribution is 6.03. The first-order valence-electron chi connectivity index (χ1n) is 9.25. The molecule has 0 aliphatic carbocycles. The highest BCUT2D eigenvalue weighted by Gasteiger charge is 2.29. The molecule has 1 aliphatic rings. The molecule has 1 fully saturated rings. The SMILES string of the molecule is O=C(Nc1ccn(C2COC(COC(=O)c3cccnc3)O2)c(=O)n1)c1cccnc1. The Bertz CT molecular complexity index is 1120. The van der Waals surface area contributed by atoms with Gasteiger partial charge in [-0.25, -0.2) is 9.59 Å². The van der Waals surface area contributed by atoms with E-state index >= 15 is 0 Å². The number of rotatable bonds is 6. The number of nitrogens with one attached hydrogen (secondary N) is 1. The van der Waals surface area contributed by atoms with Crippen molar-refractivity contribution in [3.8, 4) is 0 Å². The van der Waals surface area contributed by atoms with E-state index in [2.05, 4.69) is 20.3 Å². The molecule has 3 aromatic heterocycles. The first-order chi connectivity index (χ1) is 15.1. The van der Waals surface area contributed by atoms with Crippen molar-refractivity contribution in [2.75, 3.05) is 18.5 Å². The van der Waals surface area contributed by atoms with Gasteiger partial charge in [0.15, 0.2) is 12.5 Å². The zero-order chi connectivity index (χ0) is 21.6. The van der Waals surface area contributed by atoms with Crippen molar-refractivity contribution in [2.45, 2.75) is 12.5 Å². The van der Waals surface area contributed by atoms with E-state index in [0.29, 0.717) is 11.1 Å². The second-order valence-corrected chi connectivity index (χ2v) is 6.39. The van der Waals surface area contributed by atoms with E-state index in [1.807, 2.05) is 0 Å². The van der Waals surface area contributed by atoms with E-state index in [0.717, 1.165) is 0 Å². The molecule has 1 N–H and O–H groups in total. The van der Waals surface area contributed by atoms with Crippen LogP contribution in [0.1, 0.15) is 26.9 Å². The Morgan fingerprint density at radius 3 is 2.55 bits per heavy atom. The Kier molecular flexibility index (Phi) is 6.05. The van der Waals surface area contributed by atoms with Crippen molar-refractivity contribution in [2.24, 2.45) is 0 Å². The molecule has 0 bridgehead atoms. The quantitative estimate of drug-likeness (QED) is 0.576. The van der Waals surface area contributed by atoms with Gasteiger partial charge in [-0.2, -0.15) is 4.98 Å². The molecule has 31 heavy (non-hydrogen) atoms. The molecule has 3 aromatic rings. The minimum atomic E-state index is -0.831. The molecule has 1 amide bonds. The summed E-state index contributed by atoms with van der Waals surface area (Å²) in [7, 11) is 0. The lowest BCUT2D eigenvalue weighted by Crippen LogP contribution is -2.29. The third kappa shape index (κ3) is 4.97. The highest BCUT2D eigenvalue weighted by Crippen LogP contribution is 2.20. The van der Waals surface area contributed by atoms with Crippen molar-refractivity contribution >= 4 is 17.7 Å². The summed E-state index contributed by atoms with van der Waals surface area (Å²) in [6.45, 7) is -0.0796. The summed E-state index contributed by atoms with van der Waals surface area (Å²) in [5, 5.41) is 2.54. The molecule has 158 valence electrons. The van der Waals surface area contributed by atoms with Gasteiger partial charge in [-0.3, -0.25) is 19.3 Å². The number of carbonyl (C=O) groups excluding carboxylic acids is 2. The highest BCUT2D eigenvalue weighted by atomic mass is 16.7. The van der Waals surface area contributed by atoms with Gasteiger partial charge in [0.2, 0.25) is 0 Å². The molecular weight excluding hydrogens is 406 g/mol. The van der Waals surface area contributed by atoms with Crippen LogP contribution in [0.2, 0.25) is 0 Å². The number of hydrogen-bond donors (Lipinski definition) is 1. The molecule has 0 radical (unpaired) electrons. The van der Waals surface area contributed by atoms with Crippen LogP contribution in [0.3, 0.4) is 0 Å². The molecule has 1 saturated heterocycles. The molecule has 11 heteroatoms. The van der Waals surface area contributed by atoms with Crippen molar-refractivity contribution in [1.82, 2.24) is 19.5 Å². The Balaban J connectivity index is 1.33. The van der Waals surface area contributed by atoms with Gasteiger partial charge in [-0.1, -0.05) is 0 Å². The number of hydrogen-bond acceptors (Lipinski definition) is 9. The smallest absolute Gasteiger partial charge is 0.351 e. The lowest BCUT2D eigenvalue weighted by Gasteiger charge is -2.14. The van der Waals surface area contributed by atoms with Crippen LogP contribution >= 0.6 is 0 Å². The first-order valence-corrected chi connectivity index (χ1v) is 9.25. The molecule has 0 spiro atoms. The Hall–Kier alpha value is -3.96. The number of esters is 1. The van der Waals surface area contributed by atoms with Crippen LogP contribution in [0, 0.1) is 0 Å². The number of pyridine rings is 2. The number of aromatic nitrogens is 4. The summed E-state index contributed by atoms with van der Waals surface area (Å²) in [6.07, 6.45) is 5.75. The molecule has 0 saturated carbocycles. The van der Waals surface area contributed by atoms with E-state index in [9.17, 15) is 14.4 Å². The summed E-state index contributed by atoms with van der Waals surface area (Å²) < 4.78 is 17.4. The molecule has 4 heterocycles. The molecule has 4 rings (SSSR count). The predicted octanol–water partition coefficient (Wildman–Crippen LogP) is 1.01. The summed E-state index contributed by atoms with van der Waals surface area (Å²) in [5.41, 5.74) is 0.0108. The van der Waals surface area contributed by atoms with Crippen molar-refractivity contribution in [1.29, 1.82) is 0 Å². The lowest BCUT2D eigenvalue weighted by molar-refractivity contribution is -0.103. The molecule has 11 nitrogen and oxygen atoms in total. The van der Waals surface area contributed by atoms with Crippen LogP contribution in [0.4, 0.5) is 5.82 Å². The van der Waals surface area contributed by atoms with Gasteiger partial charge >= 0.3 is 11.7 Å². The number of nitrogens with zero attached hydrogens (tertiary/aromatic N) is 4. The molecule has 0 aromatic carbocycles. The average Bonchev–Trinajstić information content (AvgIpc) is 3.27. The van der Waals surface area contributed by atoms with Crippen LogP contribution in [-0.4, -0.2) is 50.9 Å². The van der Waals surface area contributed by atoms with Gasteiger partial charge in [0, 0.05) is 31.0 Å². The normalized spacial score (nSPS) is 17.8. The molecule has 1 aliphatic heterocycles. The molecule has 2 unspecified atom stereocenters. The zero-order valence-electron chi connectivity index (χ0n) is 16.1. The third-order valence-electron chi connectivity index (χ3n) is 4.29. The second-order valence-electron chi connectivity index (χ2n) is 6.39. The van der Waals surface area contributed by atoms with Crippen LogP contribution < -0.4 is 11.0 Å². The largest absolute Gasteiger partial charge is 0.457 e. The van der Waals surface area contributed by atoms with Crippen molar-refractivity contribution in [3.05, 3.63) is 82.9 Å². The summed E-state index contributed by atoms with van der Waals surface area (Å²) >= 11 is 0. The van der Waals surface area contributed by atoms with E-state index in [-0.39, 0.29) is 19.0 Å². The van der Waals surface area contributed by atoms with Crippen LogP contribution in [-0.2, 0) is 14.2 Å². The second kappa shape index (κ2) is 9.24. The fourth-order valence-electron chi connectivity index (χ4n) is 2.77. The maximum Gasteiger partial charge on any atom is 0.351 e. The third-order valence-corrected chi connectivity index (χ3v) is 4.29. The lowest BCUT2D eigenvalue weighted by atomic mass is 10.3. The number of amides is 1. The van der Waals surface area contributed by atoms with Crippen molar-refractivity contribution in [3.63, 3.8) is 0 Å². The van der Waals surface area contributed by atoms with Gasteiger partial charge in [-0.15, -0.1) is 0 Å². The molecular formula is C20H17N5O6. The van der Waals surface area contributed by atoms with E-state index in [1.165, 1.54) is 29.2 Å². The van der Waals surface area contributed by atoms with Gasteiger partial charge in [0.05, 0.1) is 17.7 Å². The maximum absolute atomic E-state index is 12.4. The number of anilines is 1. The fourth-order valence-corrected chi connectivity index (χ4v) is 2.77.